The molecule has 4 aromatic rings. The summed E-state index contributed by atoms with van der Waals surface area (Å²) in [7, 11) is 1.48. The van der Waals surface area contributed by atoms with E-state index in [9.17, 15) is 13.2 Å². The van der Waals surface area contributed by atoms with Crippen molar-refractivity contribution in [1.29, 1.82) is 0 Å². The number of anilines is 1. The number of piperidine rings is 1. The van der Waals surface area contributed by atoms with Gasteiger partial charge in [0.2, 0.25) is 11.8 Å². The highest BCUT2D eigenvalue weighted by atomic mass is 19.3. The molecular weight excluding hydrogens is 475 g/mol. The molecule has 0 amide bonds. The summed E-state index contributed by atoms with van der Waals surface area (Å²) in [5.74, 6) is -2.61. The van der Waals surface area contributed by atoms with Crippen molar-refractivity contribution < 1.29 is 22.6 Å². The summed E-state index contributed by atoms with van der Waals surface area (Å²) in [5, 5.41) is 7.30. The van der Waals surface area contributed by atoms with Crippen LogP contribution < -0.4 is 10.1 Å². The van der Waals surface area contributed by atoms with Crippen molar-refractivity contribution in [2.45, 2.75) is 31.0 Å². The maximum atomic E-state index is 15.0. The molecule has 2 fully saturated rings. The first-order valence-corrected chi connectivity index (χ1v) is 11.9. The Labute approximate surface area is 204 Å². The molecule has 5 heterocycles. The molecule has 1 aromatic carbocycles. The number of aromatic nitrogens is 5. The van der Waals surface area contributed by atoms with Gasteiger partial charge in [-0.3, -0.25) is 4.90 Å². The highest BCUT2D eigenvalue weighted by Crippen LogP contribution is 2.35. The molecule has 2 aliphatic heterocycles. The van der Waals surface area contributed by atoms with Crippen LogP contribution in [0.4, 0.5) is 19.1 Å². The lowest BCUT2D eigenvalue weighted by molar-refractivity contribution is -0.131. The summed E-state index contributed by atoms with van der Waals surface area (Å²) in [4.78, 5) is 10.5. The topological polar surface area (TPSA) is 81.7 Å². The number of nitrogens with one attached hydrogen (secondary N) is 1. The van der Waals surface area contributed by atoms with E-state index in [1.54, 1.807) is 26.5 Å². The Morgan fingerprint density at radius 2 is 2.11 bits per heavy atom. The molecule has 6 rings (SSSR count). The van der Waals surface area contributed by atoms with Gasteiger partial charge in [0.15, 0.2) is 0 Å². The number of rotatable bonds is 7. The molecular formula is C24H26F3N7O2. The van der Waals surface area contributed by atoms with Crippen LogP contribution in [0.3, 0.4) is 0 Å². The third-order valence-electron chi connectivity index (χ3n) is 7.00. The summed E-state index contributed by atoms with van der Waals surface area (Å²) in [6.07, 6.45) is 3.62. The number of alkyl halides is 3. The van der Waals surface area contributed by atoms with E-state index in [1.165, 1.54) is 7.11 Å². The van der Waals surface area contributed by atoms with E-state index in [1.807, 2.05) is 24.3 Å². The zero-order chi connectivity index (χ0) is 24.9. The fourth-order valence-electron chi connectivity index (χ4n) is 4.97. The molecule has 2 saturated heterocycles. The predicted molar refractivity (Wildman–Crippen MR) is 127 cm³/mol. The third-order valence-corrected chi connectivity index (χ3v) is 7.00. The van der Waals surface area contributed by atoms with E-state index in [0.29, 0.717) is 25.3 Å². The van der Waals surface area contributed by atoms with Crippen molar-refractivity contribution in [3.63, 3.8) is 0 Å². The highest BCUT2D eigenvalue weighted by molar-refractivity contribution is 5.89. The van der Waals surface area contributed by atoms with Crippen molar-refractivity contribution >= 4 is 22.5 Å². The fraction of sp³-hybridized carbons (Fsp3) is 0.458. The average molecular weight is 502 g/mol. The monoisotopic (exact) mass is 501 g/mol. The minimum absolute atomic E-state index is 0.0673. The van der Waals surface area contributed by atoms with Crippen LogP contribution in [0.1, 0.15) is 6.42 Å². The zero-order valence-electron chi connectivity index (χ0n) is 19.7. The molecule has 0 bridgehead atoms. The Morgan fingerprint density at radius 3 is 2.83 bits per heavy atom. The molecule has 0 aliphatic carbocycles. The van der Waals surface area contributed by atoms with E-state index in [4.69, 9.17) is 9.47 Å². The zero-order valence-corrected chi connectivity index (χ0v) is 19.7. The van der Waals surface area contributed by atoms with Crippen LogP contribution >= 0.6 is 0 Å². The van der Waals surface area contributed by atoms with E-state index in [-0.39, 0.29) is 37.4 Å². The Bertz CT molecular complexity index is 1400. The number of benzene rings is 1. The molecule has 1 unspecified atom stereocenters. The minimum atomic E-state index is -2.95. The maximum absolute atomic E-state index is 15.0. The number of nitrogens with zero attached hydrogens (tertiary/aromatic N) is 6. The van der Waals surface area contributed by atoms with Crippen LogP contribution in [0.15, 0.2) is 36.8 Å². The molecule has 3 aromatic heterocycles. The van der Waals surface area contributed by atoms with Gasteiger partial charge in [0.05, 0.1) is 62.9 Å². The van der Waals surface area contributed by atoms with Crippen molar-refractivity contribution in [2.24, 2.45) is 0 Å². The molecule has 36 heavy (non-hydrogen) atoms. The number of aryl methyl sites for hydroxylation is 1. The molecule has 9 nitrogen and oxygen atoms in total. The van der Waals surface area contributed by atoms with Gasteiger partial charge in [-0.1, -0.05) is 6.07 Å². The SMILES string of the molecule is COc1nc(NC2CCN(C3COC3)CC2(F)F)nn2ccc(-c3ccc4ncn(CCF)c4c3)c12. The molecule has 0 spiro atoms. The second-order valence-corrected chi connectivity index (χ2v) is 9.21. The number of hydrogen-bond acceptors (Lipinski definition) is 7. The number of ether oxygens (including phenoxy) is 2. The quantitative estimate of drug-likeness (QED) is 0.416. The van der Waals surface area contributed by atoms with Crippen LogP contribution in [0.5, 0.6) is 5.88 Å². The van der Waals surface area contributed by atoms with E-state index in [0.717, 1.165) is 22.2 Å². The molecule has 190 valence electrons. The summed E-state index contributed by atoms with van der Waals surface area (Å²) in [5.41, 5.74) is 3.83. The number of fused-ring (bicyclic) bond motifs is 2. The van der Waals surface area contributed by atoms with Crippen LogP contribution in [0.2, 0.25) is 0 Å². The lowest BCUT2D eigenvalue weighted by atomic mass is 9.98. The van der Waals surface area contributed by atoms with Gasteiger partial charge in [0.25, 0.3) is 5.92 Å². The van der Waals surface area contributed by atoms with E-state index in [2.05, 4.69) is 20.4 Å². The molecule has 2 aliphatic rings. The lowest BCUT2D eigenvalue weighted by Crippen LogP contribution is -2.61. The second-order valence-electron chi connectivity index (χ2n) is 9.21. The van der Waals surface area contributed by atoms with Gasteiger partial charge in [0, 0.05) is 18.3 Å². The summed E-state index contributed by atoms with van der Waals surface area (Å²) >= 11 is 0. The smallest absolute Gasteiger partial charge is 0.280 e. The van der Waals surface area contributed by atoms with Crippen LogP contribution in [0.25, 0.3) is 27.7 Å². The molecule has 12 heteroatoms. The van der Waals surface area contributed by atoms with Crippen LogP contribution in [-0.4, -0.2) is 87.1 Å². The number of hydrogen-bond donors (Lipinski definition) is 1. The predicted octanol–water partition coefficient (Wildman–Crippen LogP) is 3.24. The van der Waals surface area contributed by atoms with Crippen molar-refractivity contribution in [2.75, 3.05) is 45.4 Å². The molecule has 0 radical (unpaired) electrons. The Kier molecular flexibility index (Phi) is 5.72. The first-order chi connectivity index (χ1) is 17.5. The van der Waals surface area contributed by atoms with Crippen LogP contribution in [-0.2, 0) is 11.3 Å². The average Bonchev–Trinajstić information content (AvgIpc) is 3.43. The van der Waals surface area contributed by atoms with Gasteiger partial charge < -0.3 is 19.4 Å². The van der Waals surface area contributed by atoms with Crippen LogP contribution in [0, 0.1) is 0 Å². The summed E-state index contributed by atoms with van der Waals surface area (Å²) < 4.78 is 56.9. The van der Waals surface area contributed by atoms with Gasteiger partial charge in [-0.05, 0) is 30.2 Å². The molecule has 1 atom stereocenters. The van der Waals surface area contributed by atoms with E-state index < -0.39 is 18.6 Å². The summed E-state index contributed by atoms with van der Waals surface area (Å²) in [6.45, 7) is 0.965. The van der Waals surface area contributed by atoms with Crippen molar-refractivity contribution in [3.05, 3.63) is 36.8 Å². The number of likely N-dealkylation sites (tertiary alicyclic amines) is 1. The standard InChI is InChI=1S/C24H26F3N7O2/c1-35-22-21-17(15-2-3-18-19(10-15)33(9-6-25)14-28-18)4-8-34(21)31-23(30-22)29-20-5-7-32(13-24(20,26)27)16-11-36-12-16/h2-4,8,10,14,16,20H,5-7,9,11-13H2,1H3,(H,29,31). The first kappa shape index (κ1) is 23.0. The maximum Gasteiger partial charge on any atom is 0.280 e. The van der Waals surface area contributed by atoms with Crippen molar-refractivity contribution in [1.82, 2.24) is 29.0 Å². The van der Waals surface area contributed by atoms with Gasteiger partial charge in [-0.25, -0.2) is 22.7 Å². The largest absolute Gasteiger partial charge is 0.479 e. The van der Waals surface area contributed by atoms with Gasteiger partial charge in [-0.2, -0.15) is 4.98 Å². The van der Waals surface area contributed by atoms with Crippen molar-refractivity contribution in [3.8, 4) is 17.0 Å². The highest BCUT2D eigenvalue weighted by Gasteiger charge is 2.47. The fourth-order valence-corrected chi connectivity index (χ4v) is 4.97. The Hall–Kier alpha value is -3.38. The number of halogens is 3. The second kappa shape index (κ2) is 8.93. The Morgan fingerprint density at radius 1 is 1.25 bits per heavy atom. The normalized spacial score (nSPS) is 20.6. The number of imidazole rings is 1. The first-order valence-electron chi connectivity index (χ1n) is 11.9. The Balaban J connectivity index is 1.30. The molecule has 0 saturated carbocycles. The van der Waals surface area contributed by atoms with Gasteiger partial charge in [0.1, 0.15) is 12.2 Å². The third kappa shape index (κ3) is 3.94. The summed E-state index contributed by atoms with van der Waals surface area (Å²) in [6, 6.07) is 6.55. The number of methoxy groups -OCH3 is 1. The van der Waals surface area contributed by atoms with Gasteiger partial charge in [-0.15, -0.1) is 5.10 Å². The van der Waals surface area contributed by atoms with Gasteiger partial charge >= 0.3 is 0 Å². The lowest BCUT2D eigenvalue weighted by Gasteiger charge is -2.44. The molecule has 1 N–H and O–H groups in total. The minimum Gasteiger partial charge on any atom is -0.479 e. The van der Waals surface area contributed by atoms with E-state index >= 15 is 0 Å².